The Bertz CT molecular complexity index is 530. The summed E-state index contributed by atoms with van der Waals surface area (Å²) >= 11 is 5.96. The van der Waals surface area contributed by atoms with Gasteiger partial charge >= 0.3 is 0 Å². The third-order valence-electron chi connectivity index (χ3n) is 4.05. The fourth-order valence-corrected chi connectivity index (χ4v) is 2.94. The van der Waals surface area contributed by atoms with Gasteiger partial charge in [-0.25, -0.2) is 0 Å². The third-order valence-corrected chi connectivity index (χ3v) is 4.29. The van der Waals surface area contributed by atoms with E-state index in [1.807, 2.05) is 25.1 Å². The van der Waals surface area contributed by atoms with E-state index in [-0.39, 0.29) is 11.9 Å². The predicted octanol–water partition coefficient (Wildman–Crippen LogP) is 3.99. The topological polar surface area (TPSA) is 52.9 Å². The van der Waals surface area contributed by atoms with Gasteiger partial charge in [0.05, 0.1) is 12.1 Å². The molecule has 0 spiro atoms. The highest BCUT2D eigenvalue weighted by Gasteiger charge is 2.40. The van der Waals surface area contributed by atoms with Gasteiger partial charge in [0, 0.05) is 5.02 Å². The van der Waals surface area contributed by atoms with E-state index in [4.69, 9.17) is 11.6 Å². The molecule has 0 heterocycles. The van der Waals surface area contributed by atoms with Gasteiger partial charge in [0.2, 0.25) is 5.91 Å². The first-order valence-corrected chi connectivity index (χ1v) is 7.43. The highest BCUT2D eigenvalue weighted by molar-refractivity contribution is 6.30. The second kappa shape index (κ2) is 6.28. The SMILES string of the molecule is CC(NC(=O)C1(C#N)CCCCC1)c1cccc(Cl)c1. The van der Waals surface area contributed by atoms with E-state index in [0.29, 0.717) is 17.9 Å². The monoisotopic (exact) mass is 290 g/mol. The van der Waals surface area contributed by atoms with Crippen LogP contribution in [0, 0.1) is 16.7 Å². The summed E-state index contributed by atoms with van der Waals surface area (Å²) in [6.07, 6.45) is 4.34. The maximum atomic E-state index is 12.5. The minimum atomic E-state index is -0.842. The van der Waals surface area contributed by atoms with E-state index in [1.54, 1.807) is 6.07 Å². The minimum absolute atomic E-state index is 0.145. The number of nitrogens with one attached hydrogen (secondary N) is 1. The number of nitriles is 1. The zero-order valence-corrected chi connectivity index (χ0v) is 12.4. The van der Waals surface area contributed by atoms with Gasteiger partial charge in [0.15, 0.2) is 0 Å². The number of rotatable bonds is 3. The van der Waals surface area contributed by atoms with Crippen molar-refractivity contribution in [3.05, 3.63) is 34.9 Å². The molecule has 0 aliphatic heterocycles. The smallest absolute Gasteiger partial charge is 0.240 e. The average Bonchev–Trinajstić information content (AvgIpc) is 2.47. The van der Waals surface area contributed by atoms with Crippen LogP contribution in [0.3, 0.4) is 0 Å². The van der Waals surface area contributed by atoms with Crippen LogP contribution in [0.4, 0.5) is 0 Å². The highest BCUT2D eigenvalue weighted by atomic mass is 35.5. The number of carbonyl (C=O) groups is 1. The highest BCUT2D eigenvalue weighted by Crippen LogP contribution is 2.36. The van der Waals surface area contributed by atoms with Gasteiger partial charge in [-0.05, 0) is 37.5 Å². The summed E-state index contributed by atoms with van der Waals surface area (Å²) in [4.78, 5) is 12.5. The molecule has 1 aromatic carbocycles. The minimum Gasteiger partial charge on any atom is -0.348 e. The Morgan fingerprint density at radius 2 is 2.10 bits per heavy atom. The van der Waals surface area contributed by atoms with Crippen molar-refractivity contribution in [1.29, 1.82) is 5.26 Å². The lowest BCUT2D eigenvalue weighted by Crippen LogP contribution is -2.42. The van der Waals surface area contributed by atoms with Crippen LogP contribution in [0.2, 0.25) is 5.02 Å². The first-order valence-electron chi connectivity index (χ1n) is 7.05. The van der Waals surface area contributed by atoms with Gasteiger partial charge in [-0.3, -0.25) is 4.79 Å². The van der Waals surface area contributed by atoms with Crippen molar-refractivity contribution >= 4 is 17.5 Å². The predicted molar refractivity (Wildman–Crippen MR) is 79.1 cm³/mol. The lowest BCUT2D eigenvalue weighted by Gasteiger charge is -2.30. The summed E-state index contributed by atoms with van der Waals surface area (Å²) in [6, 6.07) is 9.53. The molecule has 0 radical (unpaired) electrons. The van der Waals surface area contributed by atoms with Crippen LogP contribution in [0.15, 0.2) is 24.3 Å². The molecule has 1 saturated carbocycles. The van der Waals surface area contributed by atoms with E-state index >= 15 is 0 Å². The summed E-state index contributed by atoms with van der Waals surface area (Å²) in [6.45, 7) is 1.91. The molecule has 4 heteroatoms. The molecule has 1 atom stereocenters. The molecule has 1 aliphatic rings. The van der Waals surface area contributed by atoms with E-state index in [1.165, 1.54) is 0 Å². The summed E-state index contributed by atoms with van der Waals surface area (Å²) in [7, 11) is 0. The molecule has 0 saturated heterocycles. The normalized spacial score (nSPS) is 18.9. The van der Waals surface area contributed by atoms with Crippen LogP contribution in [0.25, 0.3) is 0 Å². The molecule has 1 aromatic rings. The van der Waals surface area contributed by atoms with Crippen LogP contribution < -0.4 is 5.32 Å². The van der Waals surface area contributed by atoms with Gasteiger partial charge in [0.25, 0.3) is 0 Å². The molecule has 2 rings (SSSR count). The van der Waals surface area contributed by atoms with Gasteiger partial charge in [-0.15, -0.1) is 0 Å². The van der Waals surface area contributed by atoms with E-state index < -0.39 is 5.41 Å². The van der Waals surface area contributed by atoms with Gasteiger partial charge in [-0.2, -0.15) is 5.26 Å². The van der Waals surface area contributed by atoms with Crippen molar-refractivity contribution in [2.24, 2.45) is 5.41 Å². The Morgan fingerprint density at radius 1 is 1.40 bits per heavy atom. The first-order chi connectivity index (χ1) is 9.57. The van der Waals surface area contributed by atoms with Crippen LogP contribution in [0.5, 0.6) is 0 Å². The molecule has 0 bridgehead atoms. The molecule has 1 fully saturated rings. The molecule has 3 nitrogen and oxygen atoms in total. The molecule has 106 valence electrons. The zero-order valence-electron chi connectivity index (χ0n) is 11.7. The summed E-state index contributed by atoms with van der Waals surface area (Å²) in [5, 5.41) is 13.0. The molecule has 1 unspecified atom stereocenters. The Kier molecular flexibility index (Phi) is 4.67. The fraction of sp³-hybridized carbons (Fsp3) is 0.500. The van der Waals surface area contributed by atoms with Crippen LogP contribution in [-0.2, 0) is 4.79 Å². The third kappa shape index (κ3) is 3.13. The molecule has 20 heavy (non-hydrogen) atoms. The van der Waals surface area contributed by atoms with Crippen molar-refractivity contribution in [3.8, 4) is 6.07 Å². The summed E-state index contributed by atoms with van der Waals surface area (Å²) in [5.74, 6) is -0.146. The van der Waals surface area contributed by atoms with Crippen molar-refractivity contribution in [3.63, 3.8) is 0 Å². The number of hydrogen-bond acceptors (Lipinski definition) is 2. The van der Waals surface area contributed by atoms with E-state index in [9.17, 15) is 10.1 Å². The van der Waals surface area contributed by atoms with Crippen molar-refractivity contribution in [1.82, 2.24) is 5.32 Å². The van der Waals surface area contributed by atoms with E-state index in [0.717, 1.165) is 24.8 Å². The first kappa shape index (κ1) is 14.9. The maximum Gasteiger partial charge on any atom is 0.240 e. The van der Waals surface area contributed by atoms with Gasteiger partial charge < -0.3 is 5.32 Å². The zero-order chi connectivity index (χ0) is 14.6. The van der Waals surface area contributed by atoms with Crippen LogP contribution in [0.1, 0.15) is 50.6 Å². The van der Waals surface area contributed by atoms with Crippen molar-refractivity contribution in [2.75, 3.05) is 0 Å². The Labute approximate surface area is 124 Å². The summed E-state index contributed by atoms with van der Waals surface area (Å²) in [5.41, 5.74) is 0.111. The lowest BCUT2D eigenvalue weighted by molar-refractivity contribution is -0.130. The second-order valence-corrected chi connectivity index (χ2v) is 5.94. The fourth-order valence-electron chi connectivity index (χ4n) is 2.74. The Morgan fingerprint density at radius 3 is 2.70 bits per heavy atom. The number of nitrogens with zero attached hydrogens (tertiary/aromatic N) is 1. The van der Waals surface area contributed by atoms with Gasteiger partial charge in [-0.1, -0.05) is 43.0 Å². The number of benzene rings is 1. The number of hydrogen-bond donors (Lipinski definition) is 1. The largest absolute Gasteiger partial charge is 0.348 e. The molecule has 1 N–H and O–H groups in total. The molecule has 1 aliphatic carbocycles. The second-order valence-electron chi connectivity index (χ2n) is 5.50. The van der Waals surface area contributed by atoms with Crippen molar-refractivity contribution in [2.45, 2.75) is 45.1 Å². The Balaban J connectivity index is 2.09. The quantitative estimate of drug-likeness (QED) is 0.915. The van der Waals surface area contributed by atoms with Crippen molar-refractivity contribution < 1.29 is 4.79 Å². The lowest BCUT2D eigenvalue weighted by atomic mass is 9.74. The standard InChI is InChI=1S/C16H19ClN2O/c1-12(13-6-5-7-14(17)10-13)19-15(20)16(11-18)8-3-2-4-9-16/h5-7,10,12H,2-4,8-9H2,1H3,(H,19,20). The number of halogens is 1. The summed E-state index contributed by atoms with van der Waals surface area (Å²) < 4.78 is 0. The molecule has 1 amide bonds. The average molecular weight is 291 g/mol. The molecule has 0 aromatic heterocycles. The molecular formula is C16H19ClN2O. The van der Waals surface area contributed by atoms with Gasteiger partial charge in [0.1, 0.15) is 5.41 Å². The molecular weight excluding hydrogens is 272 g/mol. The Hall–Kier alpha value is -1.53. The van der Waals surface area contributed by atoms with Crippen LogP contribution >= 0.6 is 11.6 Å². The maximum absolute atomic E-state index is 12.5. The number of amides is 1. The number of carbonyl (C=O) groups excluding carboxylic acids is 1. The van der Waals surface area contributed by atoms with Crippen LogP contribution in [-0.4, -0.2) is 5.91 Å². The van der Waals surface area contributed by atoms with E-state index in [2.05, 4.69) is 11.4 Å².